The highest BCUT2D eigenvalue weighted by Crippen LogP contribution is 2.17. The van der Waals surface area contributed by atoms with Crippen molar-refractivity contribution in [2.45, 2.75) is 386 Å². The molecule has 0 rings (SSSR count). The van der Waals surface area contributed by atoms with Crippen molar-refractivity contribution in [1.82, 2.24) is 0 Å². The molecule has 0 N–H and O–H groups in total. The minimum atomic E-state index is -0.784. The van der Waals surface area contributed by atoms with E-state index in [-0.39, 0.29) is 31.1 Å². The number of unbranched alkanes of at least 4 members (excludes halogenated alkanes) is 45. The van der Waals surface area contributed by atoms with Gasteiger partial charge in [-0.25, -0.2) is 0 Å². The van der Waals surface area contributed by atoms with Gasteiger partial charge >= 0.3 is 17.9 Å². The van der Waals surface area contributed by atoms with Crippen LogP contribution < -0.4 is 0 Å². The minimum Gasteiger partial charge on any atom is -0.462 e. The lowest BCUT2D eigenvalue weighted by atomic mass is 10.1. The first-order chi connectivity index (χ1) is 40.0. The molecule has 0 aliphatic carbocycles. The molecule has 0 spiro atoms. The number of rotatable bonds is 66. The number of ether oxygens (including phenoxy) is 3. The van der Waals surface area contributed by atoms with Crippen LogP contribution in [0.3, 0.4) is 0 Å². The van der Waals surface area contributed by atoms with E-state index in [1.165, 1.54) is 263 Å². The van der Waals surface area contributed by atoms with Crippen molar-refractivity contribution < 1.29 is 28.6 Å². The third kappa shape index (κ3) is 67.8. The summed E-state index contributed by atoms with van der Waals surface area (Å²) >= 11 is 0. The van der Waals surface area contributed by atoms with E-state index in [4.69, 9.17) is 14.2 Å². The summed E-state index contributed by atoms with van der Waals surface area (Å²) in [6, 6.07) is 0. The van der Waals surface area contributed by atoms with E-state index in [9.17, 15) is 14.4 Å². The fraction of sp³-hybridized carbons (Fsp3) is 0.827. The van der Waals surface area contributed by atoms with Gasteiger partial charge in [-0.15, -0.1) is 0 Å². The molecule has 0 saturated heterocycles. The molecule has 81 heavy (non-hydrogen) atoms. The highest BCUT2D eigenvalue weighted by Gasteiger charge is 2.19. The van der Waals surface area contributed by atoms with Gasteiger partial charge < -0.3 is 14.2 Å². The van der Waals surface area contributed by atoms with Crippen LogP contribution >= 0.6 is 0 Å². The van der Waals surface area contributed by atoms with E-state index >= 15 is 0 Å². The predicted octanol–water partition coefficient (Wildman–Crippen LogP) is 24.7. The van der Waals surface area contributed by atoms with Crippen LogP contribution in [0.1, 0.15) is 380 Å². The topological polar surface area (TPSA) is 78.9 Å². The summed E-state index contributed by atoms with van der Waals surface area (Å²) in [7, 11) is 0. The summed E-state index contributed by atoms with van der Waals surface area (Å²) in [6.45, 7) is 6.68. The SMILES string of the molecule is CCCCCCC/C=C\C/C=C\C/C=C\CCCCCCCCC(=O)OCC(COC(=O)CCCCCCCCCCC/C=C\CCCCCCCCCC)OC(=O)CCCCCCCCCCC/C=C\CCCCCCCCCC. The van der Waals surface area contributed by atoms with Crippen molar-refractivity contribution in [1.29, 1.82) is 0 Å². The molecule has 0 fully saturated rings. The van der Waals surface area contributed by atoms with Crippen molar-refractivity contribution in [3.63, 3.8) is 0 Å². The molecule has 6 nitrogen and oxygen atoms in total. The van der Waals surface area contributed by atoms with Gasteiger partial charge in [-0.2, -0.15) is 0 Å². The molecule has 0 aromatic carbocycles. The standard InChI is InChI=1S/C75H136O6/c1-4-7-10-13-16-19-22-25-28-31-34-37-40-43-46-49-52-55-58-61-64-67-73(76)79-70-72(81-75(78)69-66-63-60-57-54-51-48-45-42-39-36-33-30-27-24-21-18-15-12-9-6-3)71-80-74(77)68-65-62-59-56-53-50-47-44-41-38-35-32-29-26-23-20-17-14-11-8-5-2/h22,25,31-36,40,43,72H,4-21,23-24,26-30,37-39,41-42,44-71H2,1-3H3/b25-22-,34-31-,35-32-,36-33-,43-40-. The van der Waals surface area contributed by atoms with Crippen molar-refractivity contribution in [2.24, 2.45) is 0 Å². The Balaban J connectivity index is 4.38. The van der Waals surface area contributed by atoms with Crippen LogP contribution in [-0.4, -0.2) is 37.2 Å². The predicted molar refractivity (Wildman–Crippen MR) is 353 cm³/mol. The molecule has 1 atom stereocenters. The molecular formula is C75H136O6. The van der Waals surface area contributed by atoms with Gasteiger partial charge in [0.05, 0.1) is 0 Å². The zero-order valence-corrected chi connectivity index (χ0v) is 54.3. The Hall–Kier alpha value is -2.89. The first-order valence-electron chi connectivity index (χ1n) is 35.8. The van der Waals surface area contributed by atoms with E-state index in [2.05, 4.69) is 81.5 Å². The van der Waals surface area contributed by atoms with Gasteiger partial charge in [0.15, 0.2) is 6.10 Å². The lowest BCUT2D eigenvalue weighted by Gasteiger charge is -2.18. The summed E-state index contributed by atoms with van der Waals surface area (Å²) in [6.07, 6.45) is 89.5. The molecule has 0 amide bonds. The zero-order valence-electron chi connectivity index (χ0n) is 54.3. The molecule has 472 valence electrons. The maximum Gasteiger partial charge on any atom is 0.306 e. The second-order valence-electron chi connectivity index (χ2n) is 24.1. The van der Waals surface area contributed by atoms with Crippen LogP contribution in [0.4, 0.5) is 0 Å². The van der Waals surface area contributed by atoms with E-state index in [0.29, 0.717) is 19.3 Å². The van der Waals surface area contributed by atoms with Crippen LogP contribution in [0.25, 0.3) is 0 Å². The average molecular weight is 1130 g/mol. The molecule has 0 bridgehead atoms. The zero-order chi connectivity index (χ0) is 58.5. The van der Waals surface area contributed by atoms with Gasteiger partial charge in [0.25, 0.3) is 0 Å². The quantitative estimate of drug-likeness (QED) is 0.0261. The molecule has 0 aromatic heterocycles. The highest BCUT2D eigenvalue weighted by atomic mass is 16.6. The van der Waals surface area contributed by atoms with Crippen molar-refractivity contribution >= 4 is 17.9 Å². The first kappa shape index (κ1) is 78.1. The Morgan fingerprint density at radius 2 is 0.444 bits per heavy atom. The molecule has 0 radical (unpaired) electrons. The number of carbonyl (C=O) groups is 3. The molecule has 0 aliphatic rings. The molecule has 6 heteroatoms. The van der Waals surface area contributed by atoms with Crippen molar-refractivity contribution in [3.8, 4) is 0 Å². The Morgan fingerprint density at radius 1 is 0.247 bits per heavy atom. The number of carbonyl (C=O) groups excluding carboxylic acids is 3. The second kappa shape index (κ2) is 69.6. The van der Waals surface area contributed by atoms with Gasteiger partial charge in [0, 0.05) is 19.3 Å². The van der Waals surface area contributed by atoms with Crippen molar-refractivity contribution in [3.05, 3.63) is 60.8 Å². The molecule has 0 aliphatic heterocycles. The van der Waals surface area contributed by atoms with E-state index in [0.717, 1.165) is 77.0 Å². The molecule has 0 saturated carbocycles. The van der Waals surface area contributed by atoms with Crippen LogP contribution in [0, 0.1) is 0 Å². The third-order valence-corrected chi connectivity index (χ3v) is 16.0. The summed E-state index contributed by atoms with van der Waals surface area (Å²) < 4.78 is 17.0. The van der Waals surface area contributed by atoms with Gasteiger partial charge in [-0.05, 0) is 109 Å². The van der Waals surface area contributed by atoms with Crippen molar-refractivity contribution in [2.75, 3.05) is 13.2 Å². The van der Waals surface area contributed by atoms with Crippen LogP contribution in [0.2, 0.25) is 0 Å². The summed E-state index contributed by atoms with van der Waals surface area (Å²) in [5.41, 5.74) is 0. The molecular weight excluding hydrogens is 997 g/mol. The maximum atomic E-state index is 13.0. The van der Waals surface area contributed by atoms with Crippen LogP contribution in [-0.2, 0) is 28.6 Å². The highest BCUT2D eigenvalue weighted by molar-refractivity contribution is 5.71. The number of hydrogen-bond acceptors (Lipinski definition) is 6. The normalized spacial score (nSPS) is 12.4. The monoisotopic (exact) mass is 1130 g/mol. The summed E-state index contributed by atoms with van der Waals surface area (Å²) in [5, 5.41) is 0. The number of hydrogen-bond donors (Lipinski definition) is 0. The average Bonchev–Trinajstić information content (AvgIpc) is 3.47. The molecule has 1 unspecified atom stereocenters. The fourth-order valence-electron chi connectivity index (χ4n) is 10.6. The second-order valence-corrected chi connectivity index (χ2v) is 24.1. The molecule has 0 aromatic rings. The Morgan fingerprint density at radius 3 is 0.704 bits per heavy atom. The third-order valence-electron chi connectivity index (χ3n) is 16.0. The fourth-order valence-corrected chi connectivity index (χ4v) is 10.6. The smallest absolute Gasteiger partial charge is 0.306 e. The number of allylic oxidation sites excluding steroid dienone is 10. The lowest BCUT2D eigenvalue weighted by molar-refractivity contribution is -0.167. The molecule has 0 heterocycles. The maximum absolute atomic E-state index is 13.0. The van der Waals surface area contributed by atoms with E-state index < -0.39 is 6.10 Å². The minimum absolute atomic E-state index is 0.0780. The lowest BCUT2D eigenvalue weighted by Crippen LogP contribution is -2.30. The van der Waals surface area contributed by atoms with Gasteiger partial charge in [-0.1, -0.05) is 313 Å². The van der Waals surface area contributed by atoms with Gasteiger partial charge in [0.2, 0.25) is 0 Å². The largest absolute Gasteiger partial charge is 0.462 e. The number of esters is 3. The Kier molecular flexibility index (Phi) is 67.1. The van der Waals surface area contributed by atoms with E-state index in [1.54, 1.807) is 0 Å². The van der Waals surface area contributed by atoms with Gasteiger partial charge in [0.1, 0.15) is 13.2 Å². The van der Waals surface area contributed by atoms with Gasteiger partial charge in [-0.3, -0.25) is 14.4 Å². The van der Waals surface area contributed by atoms with E-state index in [1.807, 2.05) is 0 Å². The van der Waals surface area contributed by atoms with Crippen LogP contribution in [0.15, 0.2) is 60.8 Å². The first-order valence-corrected chi connectivity index (χ1v) is 35.8. The Bertz CT molecular complexity index is 1440. The Labute approximate surface area is 504 Å². The summed E-state index contributed by atoms with van der Waals surface area (Å²) in [5.74, 6) is -0.871. The summed E-state index contributed by atoms with van der Waals surface area (Å²) in [4.78, 5) is 38.5. The van der Waals surface area contributed by atoms with Crippen LogP contribution in [0.5, 0.6) is 0 Å².